The fourth-order valence-corrected chi connectivity index (χ4v) is 1.37. The highest BCUT2D eigenvalue weighted by molar-refractivity contribution is 6.30. The molecule has 0 aliphatic carbocycles. The van der Waals surface area contributed by atoms with E-state index in [1.54, 1.807) is 6.07 Å². The number of rotatable bonds is 3. The summed E-state index contributed by atoms with van der Waals surface area (Å²) in [5.41, 5.74) is 0.761. The molecule has 70 valence electrons. The summed E-state index contributed by atoms with van der Waals surface area (Å²) in [6, 6.07) is 4.33. The quantitative estimate of drug-likeness (QED) is 0.685. The summed E-state index contributed by atoms with van der Waals surface area (Å²) >= 11 is 5.67. The van der Waals surface area contributed by atoms with E-state index in [0.717, 1.165) is 11.8 Å². The van der Waals surface area contributed by atoms with Gasteiger partial charge in [-0.25, -0.2) is 4.39 Å². The Morgan fingerprint density at radius 1 is 1.54 bits per heavy atom. The maximum Gasteiger partial charge on any atom is 0.124 e. The molecule has 0 N–H and O–H groups in total. The number of hydrogen-bond donors (Lipinski definition) is 0. The molecular weight excluding hydrogens is 191 g/mol. The maximum atomic E-state index is 12.9. The number of benzene rings is 1. The van der Waals surface area contributed by atoms with Crippen molar-refractivity contribution in [2.24, 2.45) is 0 Å². The van der Waals surface area contributed by atoms with Gasteiger partial charge in [0.15, 0.2) is 0 Å². The zero-order valence-corrected chi connectivity index (χ0v) is 8.01. The zero-order valence-electron chi connectivity index (χ0n) is 7.26. The first-order chi connectivity index (χ1) is 6.13. The molecule has 3 heteroatoms. The van der Waals surface area contributed by atoms with E-state index in [-0.39, 0.29) is 11.7 Å². The molecule has 1 rings (SSSR count). The molecule has 0 aliphatic heterocycles. The Kier molecular flexibility index (Phi) is 3.43. The minimum atomic E-state index is -0.361. The van der Waals surface area contributed by atoms with Crippen molar-refractivity contribution in [2.75, 3.05) is 0 Å². The number of hydrogen-bond acceptors (Lipinski definition) is 1. The second-order valence-electron chi connectivity index (χ2n) is 3.01. The van der Waals surface area contributed by atoms with Crippen LogP contribution in [0.25, 0.3) is 0 Å². The average molecular weight is 201 g/mol. The van der Waals surface area contributed by atoms with Crippen molar-refractivity contribution in [2.45, 2.75) is 19.3 Å². The molecule has 0 saturated heterocycles. The topological polar surface area (TPSA) is 17.1 Å². The van der Waals surface area contributed by atoms with Gasteiger partial charge in [-0.3, -0.25) is 0 Å². The van der Waals surface area contributed by atoms with Gasteiger partial charge in [-0.05, 0) is 29.7 Å². The van der Waals surface area contributed by atoms with Gasteiger partial charge < -0.3 is 4.79 Å². The van der Waals surface area contributed by atoms with Crippen molar-refractivity contribution >= 4 is 17.9 Å². The summed E-state index contributed by atoms with van der Waals surface area (Å²) in [6.45, 7) is 1.86. The van der Waals surface area contributed by atoms with Crippen LogP contribution in [0, 0.1) is 5.82 Å². The molecule has 0 spiro atoms. The van der Waals surface area contributed by atoms with Crippen LogP contribution in [0.1, 0.15) is 24.8 Å². The van der Waals surface area contributed by atoms with E-state index in [1.165, 1.54) is 12.1 Å². The molecule has 1 aromatic carbocycles. The first kappa shape index (κ1) is 10.2. The van der Waals surface area contributed by atoms with Gasteiger partial charge in [-0.2, -0.15) is 0 Å². The Morgan fingerprint density at radius 2 is 2.23 bits per heavy atom. The van der Waals surface area contributed by atoms with Crippen LogP contribution < -0.4 is 0 Å². The number of halogens is 2. The molecular formula is C10H10ClFO. The van der Waals surface area contributed by atoms with E-state index in [4.69, 9.17) is 11.6 Å². The minimum absolute atomic E-state index is 0.0192. The van der Waals surface area contributed by atoms with Crippen LogP contribution in [0.15, 0.2) is 18.2 Å². The minimum Gasteiger partial charge on any atom is -0.303 e. The van der Waals surface area contributed by atoms with Crippen molar-refractivity contribution < 1.29 is 9.18 Å². The molecule has 1 nitrogen and oxygen atoms in total. The van der Waals surface area contributed by atoms with E-state index in [0.29, 0.717) is 11.4 Å². The van der Waals surface area contributed by atoms with Crippen LogP contribution in [0.4, 0.5) is 4.39 Å². The third-order valence-electron chi connectivity index (χ3n) is 1.90. The van der Waals surface area contributed by atoms with Crippen molar-refractivity contribution in [3.63, 3.8) is 0 Å². The molecule has 0 aliphatic rings. The summed E-state index contributed by atoms with van der Waals surface area (Å²) in [7, 11) is 0. The summed E-state index contributed by atoms with van der Waals surface area (Å²) in [6.07, 6.45) is 1.21. The highest BCUT2D eigenvalue weighted by Crippen LogP contribution is 2.22. The van der Waals surface area contributed by atoms with E-state index < -0.39 is 0 Å². The Morgan fingerprint density at radius 3 is 2.77 bits per heavy atom. The molecule has 0 aromatic heterocycles. The Balaban J connectivity index is 2.93. The zero-order chi connectivity index (χ0) is 9.84. The lowest BCUT2D eigenvalue weighted by Gasteiger charge is -2.08. The monoisotopic (exact) mass is 200 g/mol. The van der Waals surface area contributed by atoms with E-state index in [1.807, 2.05) is 6.92 Å². The van der Waals surface area contributed by atoms with Crippen LogP contribution in [-0.2, 0) is 4.79 Å². The SMILES string of the molecule is CC(CC=O)c1cc(F)cc(Cl)c1. The lowest BCUT2D eigenvalue weighted by Crippen LogP contribution is -1.95. The molecule has 0 amide bonds. The second-order valence-corrected chi connectivity index (χ2v) is 3.44. The van der Waals surface area contributed by atoms with Gasteiger partial charge in [-0.1, -0.05) is 18.5 Å². The van der Waals surface area contributed by atoms with Gasteiger partial charge in [0.2, 0.25) is 0 Å². The lowest BCUT2D eigenvalue weighted by molar-refractivity contribution is -0.108. The van der Waals surface area contributed by atoms with Crippen molar-refractivity contribution in [3.05, 3.63) is 34.6 Å². The molecule has 1 unspecified atom stereocenters. The highest BCUT2D eigenvalue weighted by atomic mass is 35.5. The third-order valence-corrected chi connectivity index (χ3v) is 2.12. The molecule has 13 heavy (non-hydrogen) atoms. The van der Waals surface area contributed by atoms with Crippen molar-refractivity contribution in [1.29, 1.82) is 0 Å². The molecule has 0 saturated carbocycles. The molecule has 1 aromatic rings. The molecule has 1 atom stereocenters. The van der Waals surface area contributed by atoms with Crippen molar-refractivity contribution in [1.82, 2.24) is 0 Å². The first-order valence-electron chi connectivity index (χ1n) is 4.03. The van der Waals surface area contributed by atoms with Gasteiger partial charge in [0.1, 0.15) is 12.1 Å². The Bertz CT molecular complexity index is 292. The standard InChI is InChI=1S/C10H10ClFO/c1-7(2-3-13)8-4-9(11)6-10(12)5-8/h3-7H,2H2,1H3. The van der Waals surface area contributed by atoms with E-state index in [9.17, 15) is 9.18 Å². The predicted molar refractivity (Wildman–Crippen MR) is 50.5 cm³/mol. The van der Waals surface area contributed by atoms with Crippen LogP contribution in [0.2, 0.25) is 5.02 Å². The number of carbonyl (C=O) groups excluding carboxylic acids is 1. The maximum absolute atomic E-state index is 12.9. The summed E-state index contributed by atoms with van der Waals surface area (Å²) in [5.74, 6) is -0.342. The normalized spacial score (nSPS) is 12.5. The number of carbonyl (C=O) groups is 1. The van der Waals surface area contributed by atoms with Crippen molar-refractivity contribution in [3.8, 4) is 0 Å². The molecule has 0 fully saturated rings. The van der Waals surface area contributed by atoms with Crippen LogP contribution in [0.3, 0.4) is 0 Å². The van der Waals surface area contributed by atoms with E-state index >= 15 is 0 Å². The van der Waals surface area contributed by atoms with Crippen LogP contribution >= 0.6 is 11.6 Å². The fraction of sp³-hybridized carbons (Fsp3) is 0.300. The van der Waals surface area contributed by atoms with Crippen LogP contribution in [0.5, 0.6) is 0 Å². The smallest absolute Gasteiger partial charge is 0.124 e. The van der Waals surface area contributed by atoms with Gasteiger partial charge in [0.05, 0.1) is 0 Å². The summed E-state index contributed by atoms with van der Waals surface area (Å²) in [5, 5.41) is 0.368. The predicted octanol–water partition coefficient (Wildman–Crippen LogP) is 3.17. The fourth-order valence-electron chi connectivity index (χ4n) is 1.14. The van der Waals surface area contributed by atoms with Gasteiger partial charge in [-0.15, -0.1) is 0 Å². The van der Waals surface area contributed by atoms with Gasteiger partial charge in [0, 0.05) is 11.4 Å². The highest BCUT2D eigenvalue weighted by Gasteiger charge is 2.06. The molecule has 0 radical (unpaired) electrons. The average Bonchev–Trinajstić information content (AvgIpc) is 2.03. The van der Waals surface area contributed by atoms with Gasteiger partial charge >= 0.3 is 0 Å². The third kappa shape index (κ3) is 2.81. The van der Waals surface area contributed by atoms with Gasteiger partial charge in [0.25, 0.3) is 0 Å². The number of aldehydes is 1. The summed E-state index contributed by atoms with van der Waals surface area (Å²) < 4.78 is 12.9. The molecule has 0 heterocycles. The summed E-state index contributed by atoms with van der Waals surface area (Å²) in [4.78, 5) is 10.2. The first-order valence-corrected chi connectivity index (χ1v) is 4.41. The van der Waals surface area contributed by atoms with Crippen LogP contribution in [-0.4, -0.2) is 6.29 Å². The van der Waals surface area contributed by atoms with E-state index in [2.05, 4.69) is 0 Å². The second kappa shape index (κ2) is 4.38. The lowest BCUT2D eigenvalue weighted by atomic mass is 9.98. The molecule has 0 bridgehead atoms. The Hall–Kier alpha value is -0.890. The largest absolute Gasteiger partial charge is 0.303 e. The Labute approximate surface area is 81.5 Å².